The number of amides is 1. The van der Waals surface area contributed by atoms with Crippen molar-refractivity contribution in [2.75, 3.05) is 11.9 Å². The SMILES string of the molecule is CCOC(=O)Cc1cccc(NC(=O)[C@@H](C)N)c1. The minimum Gasteiger partial charge on any atom is -0.466 e. The molecular weight excluding hydrogens is 232 g/mol. The number of anilines is 1. The second kappa shape index (κ2) is 6.76. The second-order valence-corrected chi connectivity index (χ2v) is 3.96. The predicted octanol–water partition coefficient (Wildman–Crippen LogP) is 1.08. The maximum atomic E-state index is 11.4. The summed E-state index contributed by atoms with van der Waals surface area (Å²) in [4.78, 5) is 22.7. The Kier molecular flexibility index (Phi) is 5.32. The van der Waals surface area contributed by atoms with Gasteiger partial charge in [0.15, 0.2) is 0 Å². The Labute approximate surface area is 106 Å². The van der Waals surface area contributed by atoms with Crippen LogP contribution in [0.3, 0.4) is 0 Å². The van der Waals surface area contributed by atoms with E-state index in [4.69, 9.17) is 10.5 Å². The highest BCUT2D eigenvalue weighted by Gasteiger charge is 2.09. The van der Waals surface area contributed by atoms with Crippen molar-refractivity contribution in [3.63, 3.8) is 0 Å². The number of ether oxygens (including phenoxy) is 1. The van der Waals surface area contributed by atoms with E-state index in [0.717, 1.165) is 5.56 Å². The fraction of sp³-hybridized carbons (Fsp3) is 0.385. The predicted molar refractivity (Wildman–Crippen MR) is 69.1 cm³/mol. The molecule has 5 heteroatoms. The number of nitrogens with two attached hydrogens (primary N) is 1. The van der Waals surface area contributed by atoms with E-state index in [1.54, 1.807) is 38.1 Å². The van der Waals surface area contributed by atoms with Crippen molar-refractivity contribution >= 4 is 17.6 Å². The van der Waals surface area contributed by atoms with Crippen LogP contribution in [0.4, 0.5) is 5.69 Å². The highest BCUT2D eigenvalue weighted by Crippen LogP contribution is 2.12. The van der Waals surface area contributed by atoms with Crippen LogP contribution in [0.25, 0.3) is 0 Å². The van der Waals surface area contributed by atoms with Gasteiger partial charge in [0.25, 0.3) is 0 Å². The topological polar surface area (TPSA) is 81.4 Å². The molecule has 0 saturated heterocycles. The van der Waals surface area contributed by atoms with Crippen LogP contribution in [0.1, 0.15) is 19.4 Å². The molecule has 0 aliphatic heterocycles. The number of hydrogen-bond donors (Lipinski definition) is 2. The summed E-state index contributed by atoms with van der Waals surface area (Å²) in [5.41, 5.74) is 6.87. The molecule has 0 fully saturated rings. The van der Waals surface area contributed by atoms with Crippen LogP contribution in [0.2, 0.25) is 0 Å². The van der Waals surface area contributed by atoms with Gasteiger partial charge in [0.05, 0.1) is 19.1 Å². The fourth-order valence-electron chi connectivity index (χ4n) is 1.39. The van der Waals surface area contributed by atoms with Gasteiger partial charge in [0.2, 0.25) is 5.91 Å². The molecule has 0 aliphatic carbocycles. The lowest BCUT2D eigenvalue weighted by Crippen LogP contribution is -2.32. The van der Waals surface area contributed by atoms with Gasteiger partial charge in [-0.15, -0.1) is 0 Å². The monoisotopic (exact) mass is 250 g/mol. The average Bonchev–Trinajstić information content (AvgIpc) is 2.29. The molecule has 5 nitrogen and oxygen atoms in total. The summed E-state index contributed by atoms with van der Waals surface area (Å²) in [5.74, 6) is -0.545. The van der Waals surface area contributed by atoms with E-state index < -0.39 is 6.04 Å². The van der Waals surface area contributed by atoms with E-state index in [1.807, 2.05) is 0 Å². The standard InChI is InChI=1S/C13H18N2O3/c1-3-18-12(16)8-10-5-4-6-11(7-10)15-13(17)9(2)14/h4-7,9H,3,8,14H2,1-2H3,(H,15,17)/t9-/m1/s1. The first kappa shape index (κ1) is 14.2. The molecule has 0 radical (unpaired) electrons. The lowest BCUT2D eigenvalue weighted by molar-refractivity contribution is -0.142. The smallest absolute Gasteiger partial charge is 0.310 e. The van der Waals surface area contributed by atoms with Crippen molar-refractivity contribution in [1.82, 2.24) is 0 Å². The minimum absolute atomic E-state index is 0.190. The molecule has 1 aromatic rings. The van der Waals surface area contributed by atoms with E-state index in [-0.39, 0.29) is 18.3 Å². The molecule has 1 atom stereocenters. The Morgan fingerprint density at radius 1 is 1.44 bits per heavy atom. The van der Waals surface area contributed by atoms with Gasteiger partial charge in [0.1, 0.15) is 0 Å². The van der Waals surface area contributed by atoms with Gasteiger partial charge in [-0.2, -0.15) is 0 Å². The van der Waals surface area contributed by atoms with Crippen LogP contribution in [-0.2, 0) is 20.7 Å². The van der Waals surface area contributed by atoms with Crippen LogP contribution >= 0.6 is 0 Å². The molecule has 0 heterocycles. The van der Waals surface area contributed by atoms with E-state index in [2.05, 4.69) is 5.32 Å². The molecule has 18 heavy (non-hydrogen) atoms. The van der Waals surface area contributed by atoms with Crippen molar-refractivity contribution in [1.29, 1.82) is 0 Å². The average molecular weight is 250 g/mol. The molecule has 1 aromatic carbocycles. The molecule has 1 rings (SSSR count). The Morgan fingerprint density at radius 2 is 2.17 bits per heavy atom. The zero-order chi connectivity index (χ0) is 13.5. The third-order valence-electron chi connectivity index (χ3n) is 2.26. The van der Waals surface area contributed by atoms with Gasteiger partial charge >= 0.3 is 5.97 Å². The maximum Gasteiger partial charge on any atom is 0.310 e. The third kappa shape index (κ3) is 4.55. The first-order chi connectivity index (χ1) is 8.52. The van der Waals surface area contributed by atoms with Crippen LogP contribution in [0.15, 0.2) is 24.3 Å². The van der Waals surface area contributed by atoms with Crippen LogP contribution < -0.4 is 11.1 Å². The quantitative estimate of drug-likeness (QED) is 0.766. The fourth-order valence-corrected chi connectivity index (χ4v) is 1.39. The summed E-state index contributed by atoms with van der Waals surface area (Å²) < 4.78 is 4.86. The molecule has 0 aromatic heterocycles. The number of nitrogens with one attached hydrogen (secondary N) is 1. The second-order valence-electron chi connectivity index (χ2n) is 3.96. The van der Waals surface area contributed by atoms with E-state index in [1.165, 1.54) is 0 Å². The van der Waals surface area contributed by atoms with Gasteiger partial charge in [-0.25, -0.2) is 0 Å². The first-order valence-electron chi connectivity index (χ1n) is 5.84. The van der Waals surface area contributed by atoms with Crippen molar-refractivity contribution < 1.29 is 14.3 Å². The Balaban J connectivity index is 2.67. The lowest BCUT2D eigenvalue weighted by Gasteiger charge is -2.09. The third-order valence-corrected chi connectivity index (χ3v) is 2.26. The minimum atomic E-state index is -0.571. The largest absolute Gasteiger partial charge is 0.466 e. The van der Waals surface area contributed by atoms with E-state index in [9.17, 15) is 9.59 Å². The van der Waals surface area contributed by atoms with E-state index in [0.29, 0.717) is 12.3 Å². The molecule has 0 aliphatic rings. The lowest BCUT2D eigenvalue weighted by atomic mass is 10.1. The number of carbonyl (C=O) groups is 2. The Hall–Kier alpha value is -1.88. The number of rotatable bonds is 5. The number of benzene rings is 1. The van der Waals surface area contributed by atoms with Crippen molar-refractivity contribution in [2.45, 2.75) is 26.3 Å². The first-order valence-corrected chi connectivity index (χ1v) is 5.84. The Morgan fingerprint density at radius 3 is 2.78 bits per heavy atom. The highest BCUT2D eigenvalue weighted by molar-refractivity contribution is 5.94. The Bertz CT molecular complexity index is 430. The number of esters is 1. The molecule has 0 bridgehead atoms. The molecule has 0 unspecified atom stereocenters. The zero-order valence-electron chi connectivity index (χ0n) is 10.6. The molecule has 0 saturated carbocycles. The maximum absolute atomic E-state index is 11.4. The molecule has 3 N–H and O–H groups in total. The van der Waals surface area contributed by atoms with Gasteiger partial charge in [-0.1, -0.05) is 12.1 Å². The summed E-state index contributed by atoms with van der Waals surface area (Å²) in [7, 11) is 0. The summed E-state index contributed by atoms with van der Waals surface area (Å²) in [6.07, 6.45) is 0.190. The van der Waals surface area contributed by atoms with Crippen molar-refractivity contribution in [2.24, 2.45) is 5.73 Å². The van der Waals surface area contributed by atoms with Gasteiger partial charge in [0, 0.05) is 5.69 Å². The number of hydrogen-bond acceptors (Lipinski definition) is 4. The van der Waals surface area contributed by atoms with Crippen LogP contribution in [0, 0.1) is 0 Å². The van der Waals surface area contributed by atoms with Gasteiger partial charge < -0.3 is 15.8 Å². The highest BCUT2D eigenvalue weighted by atomic mass is 16.5. The molecule has 98 valence electrons. The summed E-state index contributed by atoms with van der Waals surface area (Å²) in [6.45, 7) is 3.73. The van der Waals surface area contributed by atoms with Crippen LogP contribution in [0.5, 0.6) is 0 Å². The zero-order valence-corrected chi connectivity index (χ0v) is 10.6. The van der Waals surface area contributed by atoms with Gasteiger partial charge in [-0.05, 0) is 31.5 Å². The van der Waals surface area contributed by atoms with E-state index >= 15 is 0 Å². The number of carbonyl (C=O) groups excluding carboxylic acids is 2. The summed E-state index contributed by atoms with van der Waals surface area (Å²) in [6, 6.07) is 6.48. The summed E-state index contributed by atoms with van der Waals surface area (Å²) in [5, 5.41) is 2.67. The normalized spacial score (nSPS) is 11.7. The molecule has 0 spiro atoms. The van der Waals surface area contributed by atoms with Crippen LogP contribution in [-0.4, -0.2) is 24.5 Å². The summed E-state index contributed by atoms with van der Waals surface area (Å²) >= 11 is 0. The van der Waals surface area contributed by atoms with Crippen molar-refractivity contribution in [3.8, 4) is 0 Å². The molecular formula is C13H18N2O3. The van der Waals surface area contributed by atoms with Gasteiger partial charge in [-0.3, -0.25) is 9.59 Å². The molecule has 1 amide bonds. The van der Waals surface area contributed by atoms with Crippen molar-refractivity contribution in [3.05, 3.63) is 29.8 Å².